The van der Waals surface area contributed by atoms with Crippen molar-refractivity contribution in [3.05, 3.63) is 48.0 Å². The summed E-state index contributed by atoms with van der Waals surface area (Å²) in [6.45, 7) is 0. The normalized spacial score (nSPS) is 24.4. The lowest BCUT2D eigenvalue weighted by Crippen LogP contribution is -2.40. The van der Waals surface area contributed by atoms with Gasteiger partial charge in [-0.1, -0.05) is 18.2 Å². The standard InChI is InChI=1S/C19H22FN3O5S/c1-28-18(25)19(8-15(16(24)9-19)23-29(2,26)27)7-12-4-3-5-13(6-12)17-21-10-14(20)11-22-17/h3-6,10-11,15-16,23-24H,7-9H2,1-2H3/t15-,16+,19-/m1/s1. The predicted octanol–water partition coefficient (Wildman–Crippen LogP) is 1.06. The third-order valence-electron chi connectivity index (χ3n) is 5.01. The fraction of sp³-hybridized carbons (Fsp3) is 0.421. The molecule has 2 aromatic rings. The number of benzene rings is 1. The number of nitrogens with zero attached hydrogens (tertiary/aromatic N) is 2. The Bertz CT molecular complexity index is 999. The van der Waals surface area contributed by atoms with Gasteiger partial charge in [-0.05, 0) is 30.9 Å². The molecular formula is C19H22FN3O5S. The Hall–Kier alpha value is -2.43. The first-order chi connectivity index (χ1) is 13.6. The van der Waals surface area contributed by atoms with Crippen molar-refractivity contribution in [1.29, 1.82) is 0 Å². The molecule has 3 atom stereocenters. The van der Waals surface area contributed by atoms with E-state index in [-0.39, 0.29) is 19.3 Å². The number of carbonyl (C=O) groups is 1. The quantitative estimate of drug-likeness (QED) is 0.667. The van der Waals surface area contributed by atoms with Crippen LogP contribution in [0.5, 0.6) is 0 Å². The second kappa shape index (κ2) is 8.13. The lowest BCUT2D eigenvalue weighted by Gasteiger charge is -2.26. The van der Waals surface area contributed by atoms with Crippen LogP contribution >= 0.6 is 0 Å². The van der Waals surface area contributed by atoms with Crippen LogP contribution in [-0.2, 0) is 26.0 Å². The lowest BCUT2D eigenvalue weighted by molar-refractivity contribution is -0.153. The van der Waals surface area contributed by atoms with Gasteiger partial charge in [0.1, 0.15) is 0 Å². The smallest absolute Gasteiger partial charge is 0.312 e. The molecule has 0 unspecified atom stereocenters. The summed E-state index contributed by atoms with van der Waals surface area (Å²) in [5, 5.41) is 10.4. The zero-order chi connectivity index (χ0) is 21.2. The highest BCUT2D eigenvalue weighted by molar-refractivity contribution is 7.88. The third kappa shape index (κ3) is 4.95. The molecule has 1 heterocycles. The number of carbonyl (C=O) groups excluding carboxylic acids is 1. The largest absolute Gasteiger partial charge is 0.469 e. The van der Waals surface area contributed by atoms with Crippen LogP contribution in [0.3, 0.4) is 0 Å². The number of nitrogens with one attached hydrogen (secondary N) is 1. The maximum absolute atomic E-state index is 13.1. The van der Waals surface area contributed by atoms with Crippen LogP contribution in [0.4, 0.5) is 4.39 Å². The van der Waals surface area contributed by atoms with E-state index in [0.717, 1.165) is 24.2 Å². The van der Waals surface area contributed by atoms with Crippen LogP contribution in [0.2, 0.25) is 0 Å². The second-order valence-electron chi connectivity index (χ2n) is 7.35. The fourth-order valence-corrected chi connectivity index (χ4v) is 4.64. The molecular weight excluding hydrogens is 401 g/mol. The van der Waals surface area contributed by atoms with Gasteiger partial charge in [-0.3, -0.25) is 4.79 Å². The van der Waals surface area contributed by atoms with Crippen molar-refractivity contribution >= 4 is 16.0 Å². The summed E-state index contributed by atoms with van der Waals surface area (Å²) >= 11 is 0. The highest BCUT2D eigenvalue weighted by Gasteiger charge is 2.51. The molecule has 2 N–H and O–H groups in total. The lowest BCUT2D eigenvalue weighted by atomic mass is 9.79. The van der Waals surface area contributed by atoms with Crippen molar-refractivity contribution in [3.8, 4) is 11.4 Å². The summed E-state index contributed by atoms with van der Waals surface area (Å²) < 4.78 is 43.6. The van der Waals surface area contributed by atoms with E-state index in [0.29, 0.717) is 11.4 Å². The van der Waals surface area contributed by atoms with Crippen molar-refractivity contribution in [2.45, 2.75) is 31.4 Å². The minimum atomic E-state index is -3.55. The molecule has 1 saturated carbocycles. The summed E-state index contributed by atoms with van der Waals surface area (Å²) in [6, 6.07) is 6.33. The van der Waals surface area contributed by atoms with E-state index >= 15 is 0 Å². The number of rotatable bonds is 6. The molecule has 1 aromatic heterocycles. The molecule has 10 heteroatoms. The first-order valence-corrected chi connectivity index (χ1v) is 10.8. The van der Waals surface area contributed by atoms with E-state index in [4.69, 9.17) is 4.74 Å². The molecule has 0 radical (unpaired) electrons. The average Bonchev–Trinajstić information content (AvgIpc) is 2.96. The van der Waals surface area contributed by atoms with Gasteiger partial charge < -0.3 is 9.84 Å². The van der Waals surface area contributed by atoms with E-state index in [1.807, 2.05) is 0 Å². The number of hydrogen-bond acceptors (Lipinski definition) is 7. The van der Waals surface area contributed by atoms with Gasteiger partial charge in [0.25, 0.3) is 0 Å². The zero-order valence-electron chi connectivity index (χ0n) is 16.0. The van der Waals surface area contributed by atoms with E-state index in [1.165, 1.54) is 7.11 Å². The van der Waals surface area contributed by atoms with Gasteiger partial charge in [-0.15, -0.1) is 0 Å². The Kier molecular flexibility index (Phi) is 5.97. The number of aliphatic hydroxyl groups is 1. The van der Waals surface area contributed by atoms with Crippen LogP contribution in [0, 0.1) is 11.2 Å². The van der Waals surface area contributed by atoms with Gasteiger partial charge in [0.15, 0.2) is 11.6 Å². The number of hydrogen-bond donors (Lipinski definition) is 2. The molecule has 1 aromatic carbocycles. The second-order valence-corrected chi connectivity index (χ2v) is 9.13. The van der Waals surface area contributed by atoms with Gasteiger partial charge in [0.2, 0.25) is 10.0 Å². The van der Waals surface area contributed by atoms with E-state index < -0.39 is 39.4 Å². The molecule has 1 fully saturated rings. The molecule has 3 rings (SSSR count). The Labute approximate surface area is 168 Å². The molecule has 1 aliphatic carbocycles. The summed E-state index contributed by atoms with van der Waals surface area (Å²) in [5.41, 5.74) is 0.318. The minimum absolute atomic E-state index is 0.0597. The number of esters is 1. The van der Waals surface area contributed by atoms with Crippen molar-refractivity contribution in [1.82, 2.24) is 14.7 Å². The number of methoxy groups -OCH3 is 1. The highest BCUT2D eigenvalue weighted by atomic mass is 32.2. The Morgan fingerprint density at radius 3 is 2.66 bits per heavy atom. The summed E-state index contributed by atoms with van der Waals surface area (Å²) in [4.78, 5) is 20.5. The Morgan fingerprint density at radius 2 is 2.03 bits per heavy atom. The predicted molar refractivity (Wildman–Crippen MR) is 103 cm³/mol. The number of ether oxygens (including phenoxy) is 1. The fourth-order valence-electron chi connectivity index (χ4n) is 3.85. The van der Waals surface area contributed by atoms with E-state index in [1.54, 1.807) is 24.3 Å². The van der Waals surface area contributed by atoms with Crippen molar-refractivity contribution in [3.63, 3.8) is 0 Å². The molecule has 0 aliphatic heterocycles. The van der Waals surface area contributed by atoms with E-state index in [9.17, 15) is 22.7 Å². The molecule has 0 spiro atoms. The molecule has 8 nitrogen and oxygen atoms in total. The summed E-state index contributed by atoms with van der Waals surface area (Å²) in [5.74, 6) is -0.722. The summed E-state index contributed by atoms with van der Waals surface area (Å²) in [6.07, 6.45) is 2.51. The molecule has 0 bridgehead atoms. The van der Waals surface area contributed by atoms with Crippen LogP contribution in [0.1, 0.15) is 18.4 Å². The molecule has 156 valence electrons. The van der Waals surface area contributed by atoms with Gasteiger partial charge >= 0.3 is 5.97 Å². The number of aliphatic hydroxyl groups excluding tert-OH is 1. The van der Waals surface area contributed by atoms with Crippen LogP contribution in [0.15, 0.2) is 36.7 Å². The van der Waals surface area contributed by atoms with Gasteiger partial charge in [-0.2, -0.15) is 0 Å². The SMILES string of the molecule is COC(=O)[C@@]1(Cc2cccc(-c3ncc(F)cn3)c2)C[C@H](O)[C@H](NS(C)(=O)=O)C1. The number of halogens is 1. The molecule has 0 saturated heterocycles. The van der Waals surface area contributed by atoms with Crippen molar-refractivity contribution < 1.29 is 27.4 Å². The zero-order valence-corrected chi connectivity index (χ0v) is 16.8. The van der Waals surface area contributed by atoms with E-state index in [2.05, 4.69) is 14.7 Å². The molecule has 1 aliphatic rings. The number of sulfonamides is 1. The van der Waals surface area contributed by atoms with Crippen LogP contribution < -0.4 is 4.72 Å². The third-order valence-corrected chi connectivity index (χ3v) is 5.74. The van der Waals surface area contributed by atoms with Gasteiger partial charge in [0, 0.05) is 11.6 Å². The molecule has 29 heavy (non-hydrogen) atoms. The van der Waals surface area contributed by atoms with Crippen molar-refractivity contribution in [2.24, 2.45) is 5.41 Å². The summed E-state index contributed by atoms with van der Waals surface area (Å²) in [7, 11) is -2.29. The first kappa shape index (κ1) is 21.3. The maximum atomic E-state index is 13.1. The highest BCUT2D eigenvalue weighted by Crippen LogP contribution is 2.43. The average molecular weight is 423 g/mol. The topological polar surface area (TPSA) is 118 Å². The van der Waals surface area contributed by atoms with Crippen LogP contribution in [0.25, 0.3) is 11.4 Å². The van der Waals surface area contributed by atoms with Gasteiger partial charge in [-0.25, -0.2) is 27.5 Å². The Morgan fingerprint density at radius 1 is 1.34 bits per heavy atom. The van der Waals surface area contributed by atoms with Crippen LogP contribution in [-0.4, -0.2) is 55.0 Å². The first-order valence-electron chi connectivity index (χ1n) is 8.92. The maximum Gasteiger partial charge on any atom is 0.312 e. The van der Waals surface area contributed by atoms with Crippen molar-refractivity contribution in [2.75, 3.05) is 13.4 Å². The van der Waals surface area contributed by atoms with Gasteiger partial charge in [0.05, 0.1) is 37.3 Å². The Balaban J connectivity index is 1.89. The minimum Gasteiger partial charge on any atom is -0.469 e. The monoisotopic (exact) mass is 423 g/mol. The number of aromatic nitrogens is 2. The molecule has 0 amide bonds.